The van der Waals surface area contributed by atoms with Crippen LogP contribution in [0.15, 0.2) is 24.3 Å². The van der Waals surface area contributed by atoms with Crippen molar-refractivity contribution in [3.8, 4) is 0 Å². The molecule has 1 amide bonds. The molecule has 6 heteroatoms. The number of nitrogens with zero attached hydrogens (tertiary/aromatic N) is 1. The van der Waals surface area contributed by atoms with Crippen LogP contribution >= 0.6 is 0 Å². The van der Waals surface area contributed by atoms with E-state index in [1.54, 1.807) is 12.1 Å². The molecule has 1 aromatic rings. The maximum atomic E-state index is 11.7. The minimum atomic E-state index is -3.53. The minimum absolute atomic E-state index is 0.0157. The molecular weight excluding hydrogens is 264 g/mol. The van der Waals surface area contributed by atoms with E-state index >= 15 is 0 Å². The lowest BCUT2D eigenvalue weighted by atomic mass is 9.87. The van der Waals surface area contributed by atoms with Gasteiger partial charge in [0.1, 0.15) is 6.54 Å². The molecule has 0 heterocycles. The Morgan fingerprint density at radius 2 is 1.68 bits per heavy atom. The first-order chi connectivity index (χ1) is 8.51. The van der Waals surface area contributed by atoms with E-state index in [-0.39, 0.29) is 12.0 Å². The van der Waals surface area contributed by atoms with E-state index in [9.17, 15) is 13.2 Å². The average Bonchev–Trinajstić information content (AvgIpc) is 2.23. The maximum Gasteiger partial charge on any atom is 0.238 e. The Labute approximate surface area is 114 Å². The molecule has 0 saturated heterocycles. The van der Waals surface area contributed by atoms with Crippen LogP contribution in [-0.2, 0) is 20.2 Å². The van der Waals surface area contributed by atoms with Crippen molar-refractivity contribution in [1.29, 1.82) is 0 Å². The second-order valence-electron chi connectivity index (χ2n) is 5.53. The number of carbonyl (C=O) groups excluding carboxylic acids is 1. The zero-order valence-corrected chi connectivity index (χ0v) is 12.5. The number of anilines is 1. The van der Waals surface area contributed by atoms with Crippen LogP contribution in [0.1, 0.15) is 26.3 Å². The molecule has 0 saturated carbocycles. The zero-order valence-electron chi connectivity index (χ0n) is 11.7. The molecule has 2 N–H and O–H groups in total. The molecule has 0 fully saturated rings. The van der Waals surface area contributed by atoms with Gasteiger partial charge in [-0.15, -0.1) is 0 Å². The number of carbonyl (C=O) groups is 1. The van der Waals surface area contributed by atoms with Crippen LogP contribution in [-0.4, -0.2) is 27.1 Å². The second kappa shape index (κ2) is 5.21. The van der Waals surface area contributed by atoms with Crippen LogP contribution in [0.2, 0.25) is 0 Å². The van der Waals surface area contributed by atoms with Gasteiger partial charge in [-0.05, 0) is 23.1 Å². The van der Waals surface area contributed by atoms with Crippen molar-refractivity contribution in [3.05, 3.63) is 29.8 Å². The summed E-state index contributed by atoms with van der Waals surface area (Å²) in [5.74, 6) is -0.690. The quantitative estimate of drug-likeness (QED) is 0.903. The van der Waals surface area contributed by atoms with Crippen molar-refractivity contribution in [2.24, 2.45) is 5.73 Å². The standard InChI is InChI=1S/C13H20N2O3S/c1-13(2,3)10-5-7-11(8-6-10)15(9-12(14)16)19(4,17)18/h5-8H,9H2,1-4H3,(H2,14,16). The predicted octanol–water partition coefficient (Wildman–Crippen LogP) is 1.24. The van der Waals surface area contributed by atoms with Gasteiger partial charge in [-0.1, -0.05) is 32.9 Å². The molecule has 0 spiro atoms. The number of rotatable bonds is 4. The Bertz CT molecular complexity index is 557. The van der Waals surface area contributed by atoms with Crippen molar-refractivity contribution in [1.82, 2.24) is 0 Å². The summed E-state index contributed by atoms with van der Waals surface area (Å²) in [5.41, 5.74) is 6.59. The van der Waals surface area contributed by atoms with Gasteiger partial charge in [0.25, 0.3) is 0 Å². The topological polar surface area (TPSA) is 80.5 Å². The Balaban J connectivity index is 3.15. The van der Waals surface area contributed by atoms with E-state index in [2.05, 4.69) is 20.8 Å². The van der Waals surface area contributed by atoms with Gasteiger partial charge in [0.05, 0.1) is 11.9 Å². The monoisotopic (exact) mass is 284 g/mol. The number of primary amides is 1. The van der Waals surface area contributed by atoms with Crippen LogP contribution in [0, 0.1) is 0 Å². The van der Waals surface area contributed by atoms with E-state index in [0.29, 0.717) is 5.69 Å². The van der Waals surface area contributed by atoms with Crippen LogP contribution in [0.4, 0.5) is 5.69 Å². The Morgan fingerprint density at radius 3 is 2.00 bits per heavy atom. The third kappa shape index (κ3) is 4.24. The Kier molecular flexibility index (Phi) is 4.25. The SMILES string of the molecule is CC(C)(C)c1ccc(N(CC(N)=O)S(C)(=O)=O)cc1. The summed E-state index contributed by atoms with van der Waals surface area (Å²) in [6.45, 7) is 5.85. The van der Waals surface area contributed by atoms with E-state index in [1.165, 1.54) is 0 Å². The first-order valence-electron chi connectivity index (χ1n) is 5.88. The first kappa shape index (κ1) is 15.5. The summed E-state index contributed by atoms with van der Waals surface area (Å²) in [6, 6.07) is 7.08. The lowest BCUT2D eigenvalue weighted by molar-refractivity contribution is -0.116. The number of hydrogen-bond acceptors (Lipinski definition) is 3. The highest BCUT2D eigenvalue weighted by atomic mass is 32.2. The van der Waals surface area contributed by atoms with Crippen molar-refractivity contribution in [2.45, 2.75) is 26.2 Å². The van der Waals surface area contributed by atoms with Gasteiger partial charge in [-0.25, -0.2) is 8.42 Å². The Hall–Kier alpha value is -1.56. The molecule has 0 bridgehead atoms. The van der Waals surface area contributed by atoms with Gasteiger partial charge < -0.3 is 5.73 Å². The highest BCUT2D eigenvalue weighted by Gasteiger charge is 2.20. The summed E-state index contributed by atoms with van der Waals surface area (Å²) in [5, 5.41) is 0. The van der Waals surface area contributed by atoms with Crippen molar-refractivity contribution in [3.63, 3.8) is 0 Å². The summed E-state index contributed by atoms with van der Waals surface area (Å²) in [7, 11) is -3.53. The van der Waals surface area contributed by atoms with E-state index < -0.39 is 15.9 Å². The van der Waals surface area contributed by atoms with Gasteiger partial charge in [0.15, 0.2) is 0 Å². The van der Waals surface area contributed by atoms with Gasteiger partial charge in [0.2, 0.25) is 15.9 Å². The van der Waals surface area contributed by atoms with Crippen LogP contribution in [0.5, 0.6) is 0 Å². The molecular formula is C13H20N2O3S. The number of hydrogen-bond donors (Lipinski definition) is 1. The summed E-state index contributed by atoms with van der Waals surface area (Å²) in [6.07, 6.45) is 1.05. The van der Waals surface area contributed by atoms with Gasteiger partial charge >= 0.3 is 0 Å². The fraction of sp³-hybridized carbons (Fsp3) is 0.462. The molecule has 5 nitrogen and oxygen atoms in total. The largest absolute Gasteiger partial charge is 0.368 e. The predicted molar refractivity (Wildman–Crippen MR) is 76.5 cm³/mol. The summed E-state index contributed by atoms with van der Waals surface area (Å²) < 4.78 is 24.3. The fourth-order valence-electron chi connectivity index (χ4n) is 1.67. The molecule has 0 aliphatic heterocycles. The van der Waals surface area contributed by atoms with E-state index in [4.69, 9.17) is 5.73 Å². The molecule has 106 valence electrons. The molecule has 0 aliphatic carbocycles. The molecule has 0 radical (unpaired) electrons. The van der Waals surface area contributed by atoms with Gasteiger partial charge in [-0.2, -0.15) is 0 Å². The molecule has 0 aromatic heterocycles. The normalized spacial score (nSPS) is 12.2. The fourth-order valence-corrected chi connectivity index (χ4v) is 2.54. The van der Waals surface area contributed by atoms with Gasteiger partial charge in [-0.3, -0.25) is 9.10 Å². The molecule has 19 heavy (non-hydrogen) atoms. The highest BCUT2D eigenvalue weighted by Crippen LogP contribution is 2.25. The van der Waals surface area contributed by atoms with Crippen LogP contribution in [0.25, 0.3) is 0 Å². The van der Waals surface area contributed by atoms with Crippen LogP contribution in [0.3, 0.4) is 0 Å². The third-order valence-corrected chi connectivity index (χ3v) is 3.86. The number of benzene rings is 1. The summed E-state index contributed by atoms with van der Waals surface area (Å²) in [4.78, 5) is 11.0. The maximum absolute atomic E-state index is 11.7. The van der Waals surface area contributed by atoms with Crippen molar-refractivity contribution < 1.29 is 13.2 Å². The van der Waals surface area contributed by atoms with Crippen molar-refractivity contribution >= 4 is 21.6 Å². The lowest BCUT2D eigenvalue weighted by Crippen LogP contribution is -2.37. The molecule has 0 atom stereocenters. The minimum Gasteiger partial charge on any atom is -0.368 e. The molecule has 1 aromatic carbocycles. The summed E-state index contributed by atoms with van der Waals surface area (Å²) >= 11 is 0. The Morgan fingerprint density at radius 1 is 1.21 bits per heavy atom. The van der Waals surface area contributed by atoms with E-state index in [1.807, 2.05) is 12.1 Å². The highest BCUT2D eigenvalue weighted by molar-refractivity contribution is 7.92. The van der Waals surface area contributed by atoms with Gasteiger partial charge in [0, 0.05) is 0 Å². The molecule has 1 rings (SSSR count). The smallest absolute Gasteiger partial charge is 0.238 e. The van der Waals surface area contributed by atoms with E-state index in [0.717, 1.165) is 16.1 Å². The molecule has 0 unspecified atom stereocenters. The number of nitrogens with two attached hydrogens (primary N) is 1. The second-order valence-corrected chi connectivity index (χ2v) is 7.44. The zero-order chi connectivity index (χ0) is 14.8. The number of sulfonamides is 1. The third-order valence-electron chi connectivity index (χ3n) is 2.72. The molecule has 0 aliphatic rings. The van der Waals surface area contributed by atoms with Crippen molar-refractivity contribution in [2.75, 3.05) is 17.1 Å². The lowest BCUT2D eigenvalue weighted by Gasteiger charge is -2.23. The average molecular weight is 284 g/mol. The van der Waals surface area contributed by atoms with Crippen LogP contribution < -0.4 is 10.0 Å². The first-order valence-corrected chi connectivity index (χ1v) is 7.73. The number of amides is 1.